The van der Waals surface area contributed by atoms with Gasteiger partial charge in [0.05, 0.1) is 11.7 Å². The van der Waals surface area contributed by atoms with Crippen LogP contribution in [0.3, 0.4) is 0 Å². The van der Waals surface area contributed by atoms with Crippen LogP contribution in [-0.4, -0.2) is 47.5 Å². The molecule has 0 aromatic rings. The molecule has 0 aliphatic carbocycles. The zero-order chi connectivity index (χ0) is 12.3. The van der Waals surface area contributed by atoms with E-state index in [0.29, 0.717) is 18.5 Å². The fourth-order valence-corrected chi connectivity index (χ4v) is 3.97. The first kappa shape index (κ1) is 13.7. The summed E-state index contributed by atoms with van der Waals surface area (Å²) in [7, 11) is 0. The topological polar surface area (TPSA) is 41.5 Å². The van der Waals surface area contributed by atoms with Crippen LogP contribution in [0, 0.1) is 5.92 Å². The van der Waals surface area contributed by atoms with Crippen LogP contribution in [0.2, 0.25) is 0 Å². The minimum Gasteiger partial charge on any atom is -0.392 e. The van der Waals surface area contributed by atoms with Crippen LogP contribution in [-0.2, 0) is 4.74 Å². The second kappa shape index (κ2) is 5.91. The van der Waals surface area contributed by atoms with E-state index >= 15 is 0 Å². The van der Waals surface area contributed by atoms with E-state index in [0.717, 1.165) is 25.2 Å². The molecule has 0 bridgehead atoms. The summed E-state index contributed by atoms with van der Waals surface area (Å²) >= 11 is 2.01. The molecular weight excluding hydrogens is 234 g/mol. The van der Waals surface area contributed by atoms with Crippen molar-refractivity contribution < 1.29 is 9.84 Å². The second-order valence-corrected chi connectivity index (χ2v) is 6.85. The number of hydrogen-bond donors (Lipinski definition) is 2. The molecule has 0 aromatic heterocycles. The van der Waals surface area contributed by atoms with Crippen LogP contribution < -0.4 is 5.32 Å². The van der Waals surface area contributed by atoms with E-state index in [1.807, 2.05) is 11.8 Å². The Balaban J connectivity index is 1.77. The van der Waals surface area contributed by atoms with Gasteiger partial charge in [-0.25, -0.2) is 0 Å². The van der Waals surface area contributed by atoms with Gasteiger partial charge in [-0.05, 0) is 30.9 Å². The van der Waals surface area contributed by atoms with Gasteiger partial charge >= 0.3 is 0 Å². The smallest absolute Gasteiger partial charge is 0.0795 e. The molecule has 0 aromatic carbocycles. The van der Waals surface area contributed by atoms with E-state index in [2.05, 4.69) is 19.2 Å². The SMILES string of the molecule is CC(C)C(O)CNC1CCOC2(CCSC2)C1. The average Bonchev–Trinajstić information content (AvgIpc) is 2.74. The first-order valence-corrected chi connectivity index (χ1v) is 7.90. The van der Waals surface area contributed by atoms with Crippen LogP contribution in [0.4, 0.5) is 0 Å². The number of hydrogen-bond acceptors (Lipinski definition) is 4. The molecular formula is C13H25NO2S. The molecule has 2 rings (SSSR count). The monoisotopic (exact) mass is 259 g/mol. The highest BCUT2D eigenvalue weighted by molar-refractivity contribution is 7.99. The van der Waals surface area contributed by atoms with E-state index in [-0.39, 0.29) is 11.7 Å². The number of nitrogens with one attached hydrogen (secondary N) is 1. The summed E-state index contributed by atoms with van der Waals surface area (Å²) in [5.74, 6) is 2.72. The molecule has 4 heteroatoms. The van der Waals surface area contributed by atoms with Gasteiger partial charge in [0.25, 0.3) is 0 Å². The van der Waals surface area contributed by atoms with Crippen molar-refractivity contribution in [2.45, 2.75) is 50.9 Å². The Labute approximate surface area is 109 Å². The van der Waals surface area contributed by atoms with Crippen LogP contribution in [0.25, 0.3) is 0 Å². The van der Waals surface area contributed by atoms with Gasteiger partial charge in [0.1, 0.15) is 0 Å². The van der Waals surface area contributed by atoms with E-state index < -0.39 is 0 Å². The van der Waals surface area contributed by atoms with Crippen molar-refractivity contribution in [3.8, 4) is 0 Å². The quantitative estimate of drug-likeness (QED) is 0.805. The predicted molar refractivity (Wildman–Crippen MR) is 72.5 cm³/mol. The standard InChI is InChI=1S/C13H25NO2S/c1-10(2)12(15)8-14-11-3-5-16-13(7-11)4-6-17-9-13/h10-12,14-15H,3-9H2,1-2H3. The van der Waals surface area contributed by atoms with Crippen molar-refractivity contribution in [1.29, 1.82) is 0 Å². The van der Waals surface area contributed by atoms with Crippen LogP contribution in [0.1, 0.15) is 33.1 Å². The molecule has 17 heavy (non-hydrogen) atoms. The summed E-state index contributed by atoms with van der Waals surface area (Å²) in [4.78, 5) is 0. The molecule has 2 aliphatic rings. The van der Waals surface area contributed by atoms with Crippen LogP contribution in [0.5, 0.6) is 0 Å². The van der Waals surface area contributed by atoms with Gasteiger partial charge in [-0.3, -0.25) is 0 Å². The molecule has 100 valence electrons. The number of thioether (sulfide) groups is 1. The van der Waals surface area contributed by atoms with Crippen LogP contribution in [0.15, 0.2) is 0 Å². The normalized spacial score (nSPS) is 35.6. The number of aliphatic hydroxyl groups excluding tert-OH is 1. The predicted octanol–water partition coefficient (Wildman–Crippen LogP) is 1.65. The lowest BCUT2D eigenvalue weighted by Gasteiger charge is -2.38. The zero-order valence-electron chi connectivity index (χ0n) is 10.9. The van der Waals surface area contributed by atoms with Gasteiger partial charge in [-0.1, -0.05) is 13.8 Å². The van der Waals surface area contributed by atoms with Gasteiger partial charge in [-0.2, -0.15) is 11.8 Å². The fraction of sp³-hybridized carbons (Fsp3) is 1.00. The first-order chi connectivity index (χ1) is 8.11. The molecule has 0 saturated carbocycles. The van der Waals surface area contributed by atoms with Gasteiger partial charge in [0, 0.05) is 24.9 Å². The Morgan fingerprint density at radius 2 is 2.35 bits per heavy atom. The fourth-order valence-electron chi connectivity index (χ4n) is 2.59. The van der Waals surface area contributed by atoms with Crippen molar-refractivity contribution in [3.05, 3.63) is 0 Å². The summed E-state index contributed by atoms with van der Waals surface area (Å²) < 4.78 is 5.99. The first-order valence-electron chi connectivity index (χ1n) is 6.74. The van der Waals surface area contributed by atoms with Crippen molar-refractivity contribution >= 4 is 11.8 Å². The minimum absolute atomic E-state index is 0.142. The highest BCUT2D eigenvalue weighted by Crippen LogP contribution is 2.38. The summed E-state index contributed by atoms with van der Waals surface area (Å²) in [6.45, 7) is 5.71. The largest absolute Gasteiger partial charge is 0.392 e. The number of aliphatic hydroxyl groups is 1. The summed E-state index contributed by atoms with van der Waals surface area (Å²) in [5.41, 5.74) is 0.142. The van der Waals surface area contributed by atoms with Crippen molar-refractivity contribution in [1.82, 2.24) is 5.32 Å². The molecule has 0 amide bonds. The molecule has 2 aliphatic heterocycles. The van der Waals surface area contributed by atoms with Crippen LogP contribution >= 0.6 is 11.8 Å². The molecule has 3 unspecified atom stereocenters. The lowest BCUT2D eigenvalue weighted by Crippen LogP contribution is -2.49. The van der Waals surface area contributed by atoms with Crippen molar-refractivity contribution in [3.63, 3.8) is 0 Å². The second-order valence-electron chi connectivity index (χ2n) is 5.74. The van der Waals surface area contributed by atoms with E-state index in [1.165, 1.54) is 12.2 Å². The molecule has 3 nitrogen and oxygen atoms in total. The lowest BCUT2D eigenvalue weighted by atomic mass is 9.89. The molecule has 2 fully saturated rings. The van der Waals surface area contributed by atoms with E-state index in [1.54, 1.807) is 0 Å². The highest BCUT2D eigenvalue weighted by Gasteiger charge is 2.40. The molecule has 2 N–H and O–H groups in total. The van der Waals surface area contributed by atoms with E-state index in [9.17, 15) is 5.11 Å². The Morgan fingerprint density at radius 3 is 3.00 bits per heavy atom. The van der Waals surface area contributed by atoms with Gasteiger partial charge in [0.15, 0.2) is 0 Å². The average molecular weight is 259 g/mol. The van der Waals surface area contributed by atoms with Gasteiger partial charge < -0.3 is 15.2 Å². The van der Waals surface area contributed by atoms with Crippen molar-refractivity contribution in [2.24, 2.45) is 5.92 Å². The molecule has 3 atom stereocenters. The maximum atomic E-state index is 9.82. The van der Waals surface area contributed by atoms with Gasteiger partial charge in [0.2, 0.25) is 0 Å². The zero-order valence-corrected chi connectivity index (χ0v) is 11.8. The van der Waals surface area contributed by atoms with E-state index in [4.69, 9.17) is 4.74 Å². The molecule has 2 saturated heterocycles. The Hall–Kier alpha value is 0.230. The molecule has 1 spiro atoms. The highest BCUT2D eigenvalue weighted by atomic mass is 32.2. The third-order valence-electron chi connectivity index (χ3n) is 3.95. The lowest BCUT2D eigenvalue weighted by molar-refractivity contribution is -0.0713. The number of ether oxygens (including phenoxy) is 1. The third kappa shape index (κ3) is 3.60. The minimum atomic E-state index is -0.230. The molecule has 2 heterocycles. The third-order valence-corrected chi connectivity index (χ3v) is 5.17. The Bertz CT molecular complexity index is 242. The maximum absolute atomic E-state index is 9.82. The summed E-state index contributed by atoms with van der Waals surface area (Å²) in [5, 5.41) is 13.3. The van der Waals surface area contributed by atoms with Crippen molar-refractivity contribution in [2.75, 3.05) is 24.7 Å². The maximum Gasteiger partial charge on any atom is 0.0795 e. The summed E-state index contributed by atoms with van der Waals surface area (Å²) in [6, 6.07) is 0.524. The molecule has 0 radical (unpaired) electrons. The Kier molecular flexibility index (Phi) is 4.75. The van der Waals surface area contributed by atoms with Gasteiger partial charge in [-0.15, -0.1) is 0 Å². The summed E-state index contributed by atoms with van der Waals surface area (Å²) in [6.07, 6.45) is 3.16. The number of rotatable bonds is 4. The Morgan fingerprint density at radius 1 is 1.53 bits per heavy atom.